The number of piperazine rings is 1. The summed E-state index contributed by atoms with van der Waals surface area (Å²) in [7, 11) is 0. The van der Waals surface area contributed by atoms with Crippen LogP contribution in [0.2, 0.25) is 0 Å². The summed E-state index contributed by atoms with van der Waals surface area (Å²) in [5.74, 6) is 0.993. The van der Waals surface area contributed by atoms with Gasteiger partial charge in [0.15, 0.2) is 0 Å². The summed E-state index contributed by atoms with van der Waals surface area (Å²) < 4.78 is 5.86. The highest BCUT2D eigenvalue weighted by atomic mass is 16.5. The molecule has 0 N–H and O–H groups in total. The van der Waals surface area contributed by atoms with Gasteiger partial charge in [0.1, 0.15) is 11.3 Å². The maximum absolute atomic E-state index is 13.1. The van der Waals surface area contributed by atoms with Gasteiger partial charge in [0.05, 0.1) is 0 Å². The molecule has 29 heavy (non-hydrogen) atoms. The highest BCUT2D eigenvalue weighted by Gasteiger charge is 2.25. The zero-order chi connectivity index (χ0) is 20.1. The number of para-hydroxylation sites is 1. The van der Waals surface area contributed by atoms with Crippen molar-refractivity contribution in [1.29, 1.82) is 0 Å². The van der Waals surface area contributed by atoms with E-state index in [4.69, 9.17) is 4.74 Å². The van der Waals surface area contributed by atoms with Gasteiger partial charge < -0.3 is 9.64 Å². The number of ether oxygens (including phenoxy) is 1. The minimum absolute atomic E-state index is 0.0287. The Kier molecular flexibility index (Phi) is 5.86. The van der Waals surface area contributed by atoms with Gasteiger partial charge in [-0.15, -0.1) is 0 Å². The molecule has 1 amide bonds. The molecular weight excluding hydrogens is 362 g/mol. The lowest BCUT2D eigenvalue weighted by Crippen LogP contribution is -2.48. The Morgan fingerprint density at radius 1 is 0.931 bits per heavy atom. The van der Waals surface area contributed by atoms with Crippen LogP contribution in [-0.2, 0) is 6.54 Å². The Morgan fingerprint density at radius 2 is 1.66 bits per heavy atom. The number of rotatable bonds is 5. The van der Waals surface area contributed by atoms with E-state index in [9.17, 15) is 4.79 Å². The number of carbonyl (C=O) groups is 1. The number of benzene rings is 2. The highest BCUT2D eigenvalue weighted by molar-refractivity contribution is 5.96. The molecule has 5 nitrogen and oxygen atoms in total. The van der Waals surface area contributed by atoms with Crippen LogP contribution in [0.25, 0.3) is 0 Å². The predicted octanol–water partition coefficient (Wildman–Crippen LogP) is 4.14. The van der Waals surface area contributed by atoms with Crippen LogP contribution in [0.4, 0.5) is 0 Å². The molecule has 4 rings (SSSR count). The van der Waals surface area contributed by atoms with Gasteiger partial charge >= 0.3 is 0 Å². The molecule has 1 aromatic heterocycles. The van der Waals surface area contributed by atoms with Gasteiger partial charge in [0, 0.05) is 38.9 Å². The molecule has 5 heteroatoms. The fourth-order valence-corrected chi connectivity index (χ4v) is 3.47. The number of aryl methyl sites for hydroxylation is 1. The van der Waals surface area contributed by atoms with Gasteiger partial charge in [-0.1, -0.05) is 48.0 Å². The molecule has 0 radical (unpaired) electrons. The monoisotopic (exact) mass is 387 g/mol. The molecule has 1 saturated heterocycles. The molecular formula is C24H25N3O2. The molecule has 0 unspecified atom stereocenters. The maximum Gasteiger partial charge on any atom is 0.259 e. The fraction of sp³-hybridized carbons (Fsp3) is 0.250. The van der Waals surface area contributed by atoms with Crippen molar-refractivity contribution in [3.8, 4) is 11.6 Å². The number of nitrogens with zero attached hydrogens (tertiary/aromatic N) is 3. The van der Waals surface area contributed by atoms with E-state index in [2.05, 4.69) is 41.1 Å². The zero-order valence-electron chi connectivity index (χ0n) is 16.6. The average molecular weight is 387 g/mol. The molecule has 2 heterocycles. The second kappa shape index (κ2) is 8.88. The molecule has 0 saturated carbocycles. The summed E-state index contributed by atoms with van der Waals surface area (Å²) in [6.07, 6.45) is 1.65. The number of hydrogen-bond acceptors (Lipinski definition) is 4. The van der Waals surface area contributed by atoms with E-state index >= 15 is 0 Å². The summed E-state index contributed by atoms with van der Waals surface area (Å²) in [4.78, 5) is 21.7. The lowest BCUT2D eigenvalue weighted by Gasteiger charge is -2.35. The largest absolute Gasteiger partial charge is 0.438 e. The molecule has 0 aliphatic carbocycles. The van der Waals surface area contributed by atoms with Gasteiger partial charge in [-0.05, 0) is 36.8 Å². The first-order chi connectivity index (χ1) is 14.2. The van der Waals surface area contributed by atoms with Crippen LogP contribution in [0, 0.1) is 6.92 Å². The van der Waals surface area contributed by atoms with Crippen molar-refractivity contribution in [2.75, 3.05) is 26.2 Å². The Morgan fingerprint density at radius 3 is 2.38 bits per heavy atom. The fourth-order valence-electron chi connectivity index (χ4n) is 3.47. The number of pyridine rings is 1. The first-order valence-corrected chi connectivity index (χ1v) is 9.94. The van der Waals surface area contributed by atoms with Gasteiger partial charge in [-0.25, -0.2) is 4.98 Å². The topological polar surface area (TPSA) is 45.7 Å². The number of amides is 1. The second-order valence-corrected chi connectivity index (χ2v) is 7.33. The van der Waals surface area contributed by atoms with Crippen molar-refractivity contribution >= 4 is 5.91 Å². The minimum Gasteiger partial charge on any atom is -0.438 e. The standard InChI is InChI=1S/C24H25N3O2/c1-19-9-11-20(12-10-19)18-26-14-16-27(17-15-26)24(28)22-8-5-13-25-23(22)29-21-6-3-2-4-7-21/h2-13H,14-18H2,1H3. The van der Waals surface area contributed by atoms with Crippen LogP contribution in [-0.4, -0.2) is 46.9 Å². The summed E-state index contributed by atoms with van der Waals surface area (Å²) in [6.45, 7) is 6.12. The molecule has 2 aromatic carbocycles. The van der Waals surface area contributed by atoms with E-state index in [1.165, 1.54) is 11.1 Å². The predicted molar refractivity (Wildman–Crippen MR) is 113 cm³/mol. The zero-order valence-corrected chi connectivity index (χ0v) is 16.6. The second-order valence-electron chi connectivity index (χ2n) is 7.33. The molecule has 1 aliphatic rings. The molecule has 3 aromatic rings. The Bertz CT molecular complexity index is 949. The van der Waals surface area contributed by atoms with Gasteiger partial charge in [-0.2, -0.15) is 0 Å². The lowest BCUT2D eigenvalue weighted by molar-refractivity contribution is 0.0625. The smallest absolute Gasteiger partial charge is 0.259 e. The highest BCUT2D eigenvalue weighted by Crippen LogP contribution is 2.24. The van der Waals surface area contributed by atoms with Crippen LogP contribution >= 0.6 is 0 Å². The first-order valence-electron chi connectivity index (χ1n) is 9.94. The Hall–Kier alpha value is -3.18. The average Bonchev–Trinajstić information content (AvgIpc) is 2.77. The maximum atomic E-state index is 13.1. The van der Waals surface area contributed by atoms with Crippen molar-refractivity contribution in [2.45, 2.75) is 13.5 Å². The molecule has 148 valence electrons. The lowest BCUT2D eigenvalue weighted by atomic mass is 10.1. The summed E-state index contributed by atoms with van der Waals surface area (Å²) >= 11 is 0. The van der Waals surface area contributed by atoms with Crippen molar-refractivity contribution < 1.29 is 9.53 Å². The van der Waals surface area contributed by atoms with Gasteiger partial charge in [0.2, 0.25) is 5.88 Å². The SMILES string of the molecule is Cc1ccc(CN2CCN(C(=O)c3cccnc3Oc3ccccc3)CC2)cc1. The van der Waals surface area contributed by atoms with E-state index in [1.54, 1.807) is 18.3 Å². The van der Waals surface area contributed by atoms with Crippen LogP contribution in [0.3, 0.4) is 0 Å². The van der Waals surface area contributed by atoms with E-state index in [0.29, 0.717) is 30.3 Å². The summed E-state index contributed by atoms with van der Waals surface area (Å²) in [5.41, 5.74) is 3.08. The Balaban J connectivity index is 1.39. The normalized spacial score (nSPS) is 14.6. The molecule has 1 aliphatic heterocycles. The Labute approximate surface area is 171 Å². The van der Waals surface area contributed by atoms with Crippen molar-refractivity contribution in [2.24, 2.45) is 0 Å². The van der Waals surface area contributed by atoms with Crippen LogP contribution in [0.1, 0.15) is 21.5 Å². The number of carbonyl (C=O) groups excluding carboxylic acids is 1. The third-order valence-electron chi connectivity index (χ3n) is 5.15. The van der Waals surface area contributed by atoms with Crippen LogP contribution in [0.15, 0.2) is 72.9 Å². The molecule has 0 bridgehead atoms. The van der Waals surface area contributed by atoms with Crippen molar-refractivity contribution in [1.82, 2.24) is 14.8 Å². The minimum atomic E-state index is -0.0287. The summed E-state index contributed by atoms with van der Waals surface area (Å²) in [5, 5.41) is 0. The third-order valence-corrected chi connectivity index (χ3v) is 5.15. The van der Waals surface area contributed by atoms with Crippen LogP contribution < -0.4 is 4.74 Å². The van der Waals surface area contributed by atoms with Gasteiger partial charge in [0.25, 0.3) is 5.91 Å². The van der Waals surface area contributed by atoms with E-state index in [-0.39, 0.29) is 5.91 Å². The van der Waals surface area contributed by atoms with Crippen molar-refractivity contribution in [3.63, 3.8) is 0 Å². The number of aromatic nitrogens is 1. The van der Waals surface area contributed by atoms with E-state index in [0.717, 1.165) is 19.6 Å². The molecule has 1 fully saturated rings. The first kappa shape index (κ1) is 19.2. The quantitative estimate of drug-likeness (QED) is 0.660. The van der Waals surface area contributed by atoms with Crippen molar-refractivity contribution in [3.05, 3.63) is 89.6 Å². The van der Waals surface area contributed by atoms with E-state index < -0.39 is 0 Å². The molecule has 0 atom stereocenters. The number of hydrogen-bond donors (Lipinski definition) is 0. The van der Waals surface area contributed by atoms with Gasteiger partial charge in [-0.3, -0.25) is 9.69 Å². The third kappa shape index (κ3) is 4.81. The van der Waals surface area contributed by atoms with Crippen LogP contribution in [0.5, 0.6) is 11.6 Å². The summed E-state index contributed by atoms with van der Waals surface area (Å²) in [6, 6.07) is 21.6. The molecule has 0 spiro atoms. The van der Waals surface area contributed by atoms with E-state index in [1.807, 2.05) is 35.2 Å².